The average molecular weight is 325 g/mol. The van der Waals surface area contributed by atoms with Crippen molar-refractivity contribution in [3.05, 3.63) is 47.3 Å². The molecule has 2 rings (SSSR count). The predicted octanol–water partition coefficient (Wildman–Crippen LogP) is 3.05. The van der Waals surface area contributed by atoms with E-state index >= 15 is 0 Å². The number of carbonyl (C=O) groups is 2. The Hall–Kier alpha value is -3.07. The van der Waals surface area contributed by atoms with Gasteiger partial charge in [0.1, 0.15) is 11.8 Å². The molecule has 0 fully saturated rings. The maximum atomic E-state index is 12.4. The van der Waals surface area contributed by atoms with Gasteiger partial charge in [0, 0.05) is 12.6 Å². The number of rotatable bonds is 5. The smallest absolute Gasteiger partial charge is 0.357 e. The molecule has 24 heavy (non-hydrogen) atoms. The summed E-state index contributed by atoms with van der Waals surface area (Å²) in [6.45, 7) is 5.28. The molecule has 0 atom stereocenters. The van der Waals surface area contributed by atoms with Crippen molar-refractivity contribution < 1.29 is 14.3 Å². The van der Waals surface area contributed by atoms with Gasteiger partial charge in [0.2, 0.25) is 5.91 Å². The molecule has 0 radical (unpaired) electrons. The molecule has 0 saturated carbocycles. The third-order valence-electron chi connectivity index (χ3n) is 3.50. The summed E-state index contributed by atoms with van der Waals surface area (Å²) in [5.41, 5.74) is 2.43. The molecule has 0 spiro atoms. The number of hydrogen-bond acceptors (Lipinski definition) is 4. The van der Waals surface area contributed by atoms with E-state index in [9.17, 15) is 14.9 Å². The van der Waals surface area contributed by atoms with Gasteiger partial charge in [0.25, 0.3) is 0 Å². The van der Waals surface area contributed by atoms with Crippen LogP contribution >= 0.6 is 0 Å². The number of esters is 1. The van der Waals surface area contributed by atoms with Crippen LogP contribution in [0.2, 0.25) is 0 Å². The van der Waals surface area contributed by atoms with E-state index in [2.05, 4.69) is 11.4 Å². The van der Waals surface area contributed by atoms with Crippen LogP contribution in [0.1, 0.15) is 42.5 Å². The Balaban J connectivity index is 2.66. The van der Waals surface area contributed by atoms with Crippen molar-refractivity contribution in [1.82, 2.24) is 4.57 Å². The number of nitrogens with one attached hydrogen (secondary N) is 1. The van der Waals surface area contributed by atoms with Crippen LogP contribution < -0.4 is 5.32 Å². The molecule has 0 bridgehead atoms. The van der Waals surface area contributed by atoms with Crippen LogP contribution in [-0.4, -0.2) is 23.1 Å². The molecule has 1 aromatic carbocycles. The van der Waals surface area contributed by atoms with E-state index in [0.29, 0.717) is 5.69 Å². The minimum Gasteiger partial charge on any atom is -0.461 e. The molecule has 124 valence electrons. The third kappa shape index (κ3) is 3.46. The average Bonchev–Trinajstić information content (AvgIpc) is 2.92. The quantitative estimate of drug-likeness (QED) is 0.856. The largest absolute Gasteiger partial charge is 0.461 e. The Kier molecular flexibility index (Phi) is 5.38. The van der Waals surface area contributed by atoms with Gasteiger partial charge in [0.05, 0.1) is 12.3 Å². The van der Waals surface area contributed by atoms with E-state index in [1.54, 1.807) is 6.92 Å². The molecule has 2 aromatic rings. The fourth-order valence-corrected chi connectivity index (χ4v) is 2.43. The first-order chi connectivity index (χ1) is 11.5. The summed E-state index contributed by atoms with van der Waals surface area (Å²) in [4.78, 5) is 23.8. The van der Waals surface area contributed by atoms with E-state index in [4.69, 9.17) is 4.74 Å². The zero-order valence-electron chi connectivity index (χ0n) is 13.9. The second kappa shape index (κ2) is 7.47. The number of aryl methyl sites for hydroxylation is 1. The second-order valence-electron chi connectivity index (χ2n) is 5.16. The first-order valence-electron chi connectivity index (χ1n) is 7.71. The molecule has 0 aliphatic heterocycles. The molecule has 1 heterocycles. The van der Waals surface area contributed by atoms with Gasteiger partial charge in [-0.15, -0.1) is 0 Å². The summed E-state index contributed by atoms with van der Waals surface area (Å²) in [6.07, 6.45) is 0.888. The number of aromatic nitrogens is 1. The second-order valence-corrected chi connectivity index (χ2v) is 5.16. The Morgan fingerprint density at radius 2 is 1.92 bits per heavy atom. The number of hydrogen-bond donors (Lipinski definition) is 1. The third-order valence-corrected chi connectivity index (χ3v) is 3.50. The van der Waals surface area contributed by atoms with Crippen molar-refractivity contribution in [2.24, 2.45) is 0 Å². The summed E-state index contributed by atoms with van der Waals surface area (Å²) >= 11 is 0. The van der Waals surface area contributed by atoms with Crippen LogP contribution in [0.25, 0.3) is 5.69 Å². The van der Waals surface area contributed by atoms with Crippen molar-refractivity contribution in [3.8, 4) is 11.8 Å². The highest BCUT2D eigenvalue weighted by Crippen LogP contribution is 2.27. The predicted molar refractivity (Wildman–Crippen MR) is 90.1 cm³/mol. The summed E-state index contributed by atoms with van der Waals surface area (Å²) in [5.74, 6) is -0.925. The van der Waals surface area contributed by atoms with Crippen LogP contribution in [0.15, 0.2) is 30.3 Å². The number of benzene rings is 1. The van der Waals surface area contributed by atoms with E-state index in [1.807, 2.05) is 31.2 Å². The molecular formula is C18H19N3O3. The lowest BCUT2D eigenvalue weighted by atomic mass is 10.1. The fourth-order valence-electron chi connectivity index (χ4n) is 2.43. The SMILES string of the molecule is CCOC(=O)c1c(NC(C)=O)cc(C#N)n1-c1ccc(CC)cc1. The highest BCUT2D eigenvalue weighted by Gasteiger charge is 2.24. The minimum atomic E-state index is -0.595. The lowest BCUT2D eigenvalue weighted by Gasteiger charge is -2.12. The van der Waals surface area contributed by atoms with E-state index in [0.717, 1.165) is 12.0 Å². The molecule has 6 heteroatoms. The van der Waals surface area contributed by atoms with Crippen molar-refractivity contribution in [3.63, 3.8) is 0 Å². The molecule has 0 unspecified atom stereocenters. The number of ether oxygens (including phenoxy) is 1. The van der Waals surface area contributed by atoms with Gasteiger partial charge < -0.3 is 10.1 Å². The number of amides is 1. The van der Waals surface area contributed by atoms with Crippen molar-refractivity contribution >= 4 is 17.6 Å². The highest BCUT2D eigenvalue weighted by atomic mass is 16.5. The standard InChI is InChI=1S/C18H19N3O3/c1-4-13-6-8-14(9-7-13)21-15(11-19)10-16(20-12(3)22)17(21)18(23)24-5-2/h6-10H,4-5H2,1-3H3,(H,20,22). The van der Waals surface area contributed by atoms with Gasteiger partial charge in [-0.2, -0.15) is 5.26 Å². The van der Waals surface area contributed by atoms with E-state index < -0.39 is 5.97 Å². The normalized spacial score (nSPS) is 10.1. The summed E-state index contributed by atoms with van der Waals surface area (Å²) in [6, 6.07) is 11.1. The molecule has 0 aliphatic carbocycles. The highest BCUT2D eigenvalue weighted by molar-refractivity contribution is 6.01. The van der Waals surface area contributed by atoms with Crippen LogP contribution in [-0.2, 0) is 16.0 Å². The van der Waals surface area contributed by atoms with Crippen molar-refractivity contribution in [1.29, 1.82) is 5.26 Å². The zero-order chi connectivity index (χ0) is 17.7. The molecule has 6 nitrogen and oxygen atoms in total. The maximum Gasteiger partial charge on any atom is 0.357 e. The molecule has 1 amide bonds. The molecule has 1 aromatic heterocycles. The minimum absolute atomic E-state index is 0.132. The van der Waals surface area contributed by atoms with Gasteiger partial charge in [-0.3, -0.25) is 9.36 Å². The summed E-state index contributed by atoms with van der Waals surface area (Å²) in [7, 11) is 0. The van der Waals surface area contributed by atoms with E-state index in [-0.39, 0.29) is 29.6 Å². The number of nitriles is 1. The lowest BCUT2D eigenvalue weighted by molar-refractivity contribution is -0.114. The molecule has 1 N–H and O–H groups in total. The van der Waals surface area contributed by atoms with E-state index in [1.165, 1.54) is 17.6 Å². The molecule has 0 aliphatic rings. The zero-order valence-corrected chi connectivity index (χ0v) is 13.9. The summed E-state index contributed by atoms with van der Waals surface area (Å²) in [5, 5.41) is 12.0. The molecule has 0 saturated heterocycles. The first kappa shape index (κ1) is 17.3. The van der Waals surface area contributed by atoms with Gasteiger partial charge in [-0.25, -0.2) is 4.79 Å². The summed E-state index contributed by atoms with van der Waals surface area (Å²) < 4.78 is 6.60. The van der Waals surface area contributed by atoms with Crippen LogP contribution in [0, 0.1) is 11.3 Å². The monoisotopic (exact) mass is 325 g/mol. The van der Waals surface area contributed by atoms with Crippen molar-refractivity contribution in [2.45, 2.75) is 27.2 Å². The Morgan fingerprint density at radius 1 is 1.25 bits per heavy atom. The van der Waals surface area contributed by atoms with Crippen LogP contribution in [0.5, 0.6) is 0 Å². The molecular weight excluding hydrogens is 306 g/mol. The Morgan fingerprint density at radius 3 is 2.42 bits per heavy atom. The van der Waals surface area contributed by atoms with Crippen LogP contribution in [0.3, 0.4) is 0 Å². The Bertz CT molecular complexity index is 798. The van der Waals surface area contributed by atoms with Gasteiger partial charge in [0.15, 0.2) is 5.69 Å². The lowest BCUT2D eigenvalue weighted by Crippen LogP contribution is -2.16. The van der Waals surface area contributed by atoms with Gasteiger partial charge >= 0.3 is 5.97 Å². The number of nitrogens with zero attached hydrogens (tertiary/aromatic N) is 2. The Labute approximate surface area is 140 Å². The van der Waals surface area contributed by atoms with Crippen LogP contribution in [0.4, 0.5) is 5.69 Å². The maximum absolute atomic E-state index is 12.4. The topological polar surface area (TPSA) is 84.1 Å². The first-order valence-corrected chi connectivity index (χ1v) is 7.71. The fraction of sp³-hybridized carbons (Fsp3) is 0.278. The number of anilines is 1. The van der Waals surface area contributed by atoms with Gasteiger partial charge in [-0.1, -0.05) is 19.1 Å². The number of carbonyl (C=O) groups excluding carboxylic acids is 2. The van der Waals surface area contributed by atoms with Gasteiger partial charge in [-0.05, 0) is 37.1 Å². The van der Waals surface area contributed by atoms with Crippen molar-refractivity contribution in [2.75, 3.05) is 11.9 Å².